The zero-order valence-corrected chi connectivity index (χ0v) is 19.6. The molecule has 2 N–H and O–H groups in total. The number of carbonyl (C=O) groups is 1. The predicted molar refractivity (Wildman–Crippen MR) is 132 cm³/mol. The Morgan fingerprint density at radius 1 is 1.06 bits per heavy atom. The molecule has 0 aliphatic carbocycles. The first-order chi connectivity index (χ1) is 17.0. The van der Waals surface area contributed by atoms with Gasteiger partial charge < -0.3 is 10.2 Å². The van der Waals surface area contributed by atoms with Crippen LogP contribution in [0.5, 0.6) is 0 Å². The SMILES string of the molecule is Cc1cc(C)n(-c2cc(N3CCCC(C(=O)Nc4ccc(-c5ccc(=O)[nH]n5)cc4)C3)ncn2)n1. The van der Waals surface area contributed by atoms with Gasteiger partial charge in [0.1, 0.15) is 12.1 Å². The number of aryl methyl sites for hydroxylation is 2. The average Bonchev–Trinajstić information content (AvgIpc) is 3.23. The molecule has 0 saturated carbocycles. The molecule has 10 heteroatoms. The fourth-order valence-corrected chi connectivity index (χ4v) is 4.36. The van der Waals surface area contributed by atoms with Crippen LogP contribution in [0.25, 0.3) is 17.1 Å². The summed E-state index contributed by atoms with van der Waals surface area (Å²) in [6.07, 6.45) is 3.26. The van der Waals surface area contributed by atoms with E-state index < -0.39 is 0 Å². The zero-order valence-electron chi connectivity index (χ0n) is 19.6. The fourth-order valence-electron chi connectivity index (χ4n) is 4.36. The lowest BCUT2D eigenvalue weighted by molar-refractivity contribution is -0.120. The first-order valence-electron chi connectivity index (χ1n) is 11.5. The van der Waals surface area contributed by atoms with E-state index in [2.05, 4.69) is 35.5 Å². The van der Waals surface area contributed by atoms with E-state index in [1.165, 1.54) is 6.07 Å². The lowest BCUT2D eigenvalue weighted by atomic mass is 9.97. The van der Waals surface area contributed by atoms with Crippen molar-refractivity contribution >= 4 is 17.4 Å². The molecule has 0 radical (unpaired) electrons. The highest BCUT2D eigenvalue weighted by Gasteiger charge is 2.27. The van der Waals surface area contributed by atoms with Gasteiger partial charge in [-0.1, -0.05) is 12.1 Å². The number of anilines is 2. The number of nitrogens with zero attached hydrogens (tertiary/aromatic N) is 6. The Morgan fingerprint density at radius 3 is 2.57 bits per heavy atom. The summed E-state index contributed by atoms with van der Waals surface area (Å²) < 4.78 is 1.81. The quantitative estimate of drug-likeness (QED) is 0.460. The normalized spacial score (nSPS) is 15.7. The second-order valence-corrected chi connectivity index (χ2v) is 8.73. The van der Waals surface area contributed by atoms with Crippen molar-refractivity contribution in [1.29, 1.82) is 0 Å². The number of hydrogen-bond donors (Lipinski definition) is 2. The molecule has 1 amide bonds. The fraction of sp³-hybridized carbons (Fsp3) is 0.280. The number of nitrogens with one attached hydrogen (secondary N) is 2. The second kappa shape index (κ2) is 9.49. The third-order valence-corrected chi connectivity index (χ3v) is 6.11. The number of H-pyrrole nitrogens is 1. The van der Waals surface area contributed by atoms with Crippen molar-refractivity contribution in [3.05, 3.63) is 76.6 Å². The molecule has 10 nitrogen and oxygen atoms in total. The summed E-state index contributed by atoms with van der Waals surface area (Å²) in [4.78, 5) is 35.2. The molecule has 0 spiro atoms. The lowest BCUT2D eigenvalue weighted by Gasteiger charge is -2.33. The van der Waals surface area contributed by atoms with Gasteiger partial charge in [-0.15, -0.1) is 0 Å². The largest absolute Gasteiger partial charge is 0.356 e. The third-order valence-electron chi connectivity index (χ3n) is 6.11. The highest BCUT2D eigenvalue weighted by molar-refractivity contribution is 5.93. The Kier molecular flexibility index (Phi) is 6.09. The van der Waals surface area contributed by atoms with Gasteiger partial charge in [0, 0.05) is 42.2 Å². The van der Waals surface area contributed by atoms with Gasteiger partial charge in [-0.3, -0.25) is 9.59 Å². The van der Waals surface area contributed by atoms with Gasteiger partial charge in [-0.2, -0.15) is 10.2 Å². The van der Waals surface area contributed by atoms with Gasteiger partial charge in [-0.25, -0.2) is 19.7 Å². The second-order valence-electron chi connectivity index (χ2n) is 8.73. The summed E-state index contributed by atoms with van der Waals surface area (Å²) in [6.45, 7) is 5.36. The lowest BCUT2D eigenvalue weighted by Crippen LogP contribution is -2.41. The van der Waals surface area contributed by atoms with Crippen molar-refractivity contribution in [2.24, 2.45) is 5.92 Å². The first-order valence-corrected chi connectivity index (χ1v) is 11.5. The molecule has 5 rings (SSSR count). The molecule has 178 valence electrons. The molecule has 1 saturated heterocycles. The Labute approximate surface area is 202 Å². The van der Waals surface area contributed by atoms with Crippen LogP contribution in [-0.4, -0.2) is 48.9 Å². The van der Waals surface area contributed by atoms with Crippen LogP contribution in [0.4, 0.5) is 11.5 Å². The molecule has 4 aromatic rings. The molecule has 0 bridgehead atoms. The van der Waals surface area contributed by atoms with Crippen molar-refractivity contribution in [3.8, 4) is 17.1 Å². The van der Waals surface area contributed by atoms with E-state index in [9.17, 15) is 9.59 Å². The molecule has 1 unspecified atom stereocenters. The van der Waals surface area contributed by atoms with Crippen molar-refractivity contribution in [3.63, 3.8) is 0 Å². The maximum absolute atomic E-state index is 13.0. The number of amides is 1. The standard InChI is InChI=1S/C25H26N8O2/c1-16-12-17(2)33(31-16)23-13-22(26-15-27-23)32-11-3-4-19(14-32)25(35)28-20-7-5-18(6-8-20)21-9-10-24(34)30-29-21/h5-10,12-13,15,19H,3-4,11,14H2,1-2H3,(H,28,35)(H,30,34). The summed E-state index contributed by atoms with van der Waals surface area (Å²) in [6, 6.07) is 14.4. The Morgan fingerprint density at radius 2 is 1.86 bits per heavy atom. The number of rotatable bonds is 5. The molecule has 1 atom stereocenters. The third kappa shape index (κ3) is 4.96. The Bertz CT molecular complexity index is 1390. The number of piperidine rings is 1. The molecule has 1 aromatic carbocycles. The van der Waals surface area contributed by atoms with Gasteiger partial charge >= 0.3 is 0 Å². The Balaban J connectivity index is 1.26. The van der Waals surface area contributed by atoms with Gasteiger partial charge in [0.2, 0.25) is 5.91 Å². The van der Waals surface area contributed by atoms with E-state index >= 15 is 0 Å². The van der Waals surface area contributed by atoms with E-state index in [0.717, 1.165) is 42.2 Å². The Hall–Kier alpha value is -4.34. The van der Waals surface area contributed by atoms with Gasteiger partial charge in [0.15, 0.2) is 5.82 Å². The van der Waals surface area contributed by atoms with Crippen molar-refractivity contribution < 1.29 is 4.79 Å². The van der Waals surface area contributed by atoms with Crippen LogP contribution in [0.1, 0.15) is 24.2 Å². The first kappa shape index (κ1) is 22.5. The van der Waals surface area contributed by atoms with E-state index in [1.807, 2.05) is 50.2 Å². The van der Waals surface area contributed by atoms with E-state index in [4.69, 9.17) is 0 Å². The van der Waals surface area contributed by atoms with E-state index in [1.54, 1.807) is 17.1 Å². The van der Waals surface area contributed by atoms with Crippen molar-refractivity contribution in [2.75, 3.05) is 23.3 Å². The molecule has 1 fully saturated rings. The topological polar surface area (TPSA) is 122 Å². The van der Waals surface area contributed by atoms with E-state index in [0.29, 0.717) is 23.7 Å². The molecule has 4 heterocycles. The summed E-state index contributed by atoms with van der Waals surface area (Å²) >= 11 is 0. The summed E-state index contributed by atoms with van der Waals surface area (Å²) in [5.74, 6) is 1.33. The summed E-state index contributed by atoms with van der Waals surface area (Å²) in [5.41, 5.74) is 3.92. The molecule has 3 aromatic heterocycles. The predicted octanol–water partition coefficient (Wildman–Crippen LogP) is 2.88. The van der Waals surface area contributed by atoms with Crippen molar-refractivity contribution in [1.82, 2.24) is 29.9 Å². The monoisotopic (exact) mass is 470 g/mol. The van der Waals surface area contributed by atoms with Crippen LogP contribution in [0.15, 0.2) is 59.7 Å². The minimum atomic E-state index is -0.246. The number of aromatic nitrogens is 6. The number of carbonyl (C=O) groups excluding carboxylic acids is 1. The smallest absolute Gasteiger partial charge is 0.264 e. The van der Waals surface area contributed by atoms with Crippen LogP contribution in [0.3, 0.4) is 0 Å². The maximum Gasteiger partial charge on any atom is 0.264 e. The van der Waals surface area contributed by atoms with Crippen LogP contribution in [-0.2, 0) is 4.79 Å². The average molecular weight is 471 g/mol. The number of benzene rings is 1. The van der Waals surface area contributed by atoms with E-state index in [-0.39, 0.29) is 17.4 Å². The minimum Gasteiger partial charge on any atom is -0.356 e. The zero-order chi connectivity index (χ0) is 24.4. The molecular weight excluding hydrogens is 444 g/mol. The summed E-state index contributed by atoms with van der Waals surface area (Å²) in [7, 11) is 0. The maximum atomic E-state index is 13.0. The van der Waals surface area contributed by atoms with Crippen LogP contribution < -0.4 is 15.8 Å². The number of aromatic amines is 1. The van der Waals surface area contributed by atoms with Crippen LogP contribution in [0.2, 0.25) is 0 Å². The number of hydrogen-bond acceptors (Lipinski definition) is 7. The summed E-state index contributed by atoms with van der Waals surface area (Å²) in [5, 5.41) is 14.0. The van der Waals surface area contributed by atoms with Gasteiger partial charge in [0.25, 0.3) is 5.56 Å². The van der Waals surface area contributed by atoms with Gasteiger partial charge in [-0.05, 0) is 51.0 Å². The van der Waals surface area contributed by atoms with Crippen molar-refractivity contribution in [2.45, 2.75) is 26.7 Å². The minimum absolute atomic E-state index is 0.0163. The highest BCUT2D eigenvalue weighted by atomic mass is 16.2. The van der Waals surface area contributed by atoms with Gasteiger partial charge in [0.05, 0.1) is 17.3 Å². The molecule has 1 aliphatic heterocycles. The highest BCUT2D eigenvalue weighted by Crippen LogP contribution is 2.25. The van der Waals surface area contributed by atoms with Crippen LogP contribution in [0, 0.1) is 19.8 Å². The van der Waals surface area contributed by atoms with Crippen LogP contribution >= 0.6 is 0 Å². The molecule has 1 aliphatic rings. The molecule has 35 heavy (non-hydrogen) atoms. The molecular formula is C25H26N8O2.